The van der Waals surface area contributed by atoms with Gasteiger partial charge < -0.3 is 20.0 Å². The molecule has 0 unspecified atom stereocenters. The van der Waals surface area contributed by atoms with Gasteiger partial charge in [-0.1, -0.05) is 29.8 Å². The number of carbonyl (C=O) groups excluding carboxylic acids is 2. The van der Waals surface area contributed by atoms with E-state index in [2.05, 4.69) is 5.32 Å². The maximum absolute atomic E-state index is 12.3. The van der Waals surface area contributed by atoms with E-state index in [4.69, 9.17) is 11.6 Å². The van der Waals surface area contributed by atoms with Crippen molar-refractivity contribution in [3.05, 3.63) is 34.9 Å². The fraction of sp³-hybridized carbons (Fsp3) is 0.556. The van der Waals surface area contributed by atoms with E-state index in [1.54, 1.807) is 11.8 Å². The summed E-state index contributed by atoms with van der Waals surface area (Å²) < 4.78 is 0. The highest BCUT2D eigenvalue weighted by Crippen LogP contribution is 2.40. The van der Waals surface area contributed by atoms with Gasteiger partial charge in [0, 0.05) is 17.1 Å². The Hall–Kier alpha value is -1.44. The molecule has 0 aliphatic carbocycles. The Morgan fingerprint density at radius 3 is 2.77 bits per heavy atom. The molecular weight excluding hydrogens is 372 g/mol. The van der Waals surface area contributed by atoms with Gasteiger partial charge in [-0.3, -0.25) is 4.79 Å². The maximum atomic E-state index is 12.3. The van der Waals surface area contributed by atoms with Gasteiger partial charge in [0.25, 0.3) is 0 Å². The first-order chi connectivity index (χ1) is 12.6. The predicted octanol–water partition coefficient (Wildman–Crippen LogP) is 0.844. The third kappa shape index (κ3) is 4.45. The van der Waals surface area contributed by atoms with Crippen molar-refractivity contribution >= 4 is 35.3 Å². The number of urea groups is 1. The number of rotatable bonds is 5. The number of amides is 3. The van der Waals surface area contributed by atoms with E-state index in [0.29, 0.717) is 17.3 Å². The number of halogens is 1. The summed E-state index contributed by atoms with van der Waals surface area (Å²) in [5.41, 5.74) is 1.01. The first kappa shape index (κ1) is 19.3. The molecule has 3 amide bonds. The second kappa shape index (κ2) is 8.97. The molecule has 0 spiro atoms. The highest BCUT2D eigenvalue weighted by Gasteiger charge is 2.34. The molecule has 2 heterocycles. The summed E-state index contributed by atoms with van der Waals surface area (Å²) in [6.07, 6.45) is 0. The summed E-state index contributed by atoms with van der Waals surface area (Å²) in [5.74, 6) is 0.691. The van der Waals surface area contributed by atoms with Crippen molar-refractivity contribution in [3.63, 3.8) is 0 Å². The molecule has 0 saturated carbocycles. The Balaban J connectivity index is 1.53. The van der Waals surface area contributed by atoms with Crippen LogP contribution in [0.15, 0.2) is 24.3 Å². The minimum atomic E-state index is 0.00669. The van der Waals surface area contributed by atoms with E-state index in [-0.39, 0.29) is 17.3 Å². The van der Waals surface area contributed by atoms with Crippen LogP contribution in [-0.4, -0.2) is 73.3 Å². The number of nitrogens with one attached hydrogen (secondary N) is 2. The predicted molar refractivity (Wildman–Crippen MR) is 105 cm³/mol. The first-order valence-electron chi connectivity index (χ1n) is 9.12. The summed E-state index contributed by atoms with van der Waals surface area (Å²) >= 11 is 7.98. The molecule has 2 fully saturated rings. The third-order valence-corrected chi connectivity index (χ3v) is 6.51. The molecule has 8 heteroatoms. The lowest BCUT2D eigenvalue weighted by atomic mass is 10.2. The van der Waals surface area contributed by atoms with E-state index in [1.807, 2.05) is 41.0 Å². The zero-order valence-electron chi connectivity index (χ0n) is 15.0. The summed E-state index contributed by atoms with van der Waals surface area (Å²) in [5, 5.41) is 3.57. The van der Waals surface area contributed by atoms with Crippen LogP contribution in [0.4, 0.5) is 4.79 Å². The van der Waals surface area contributed by atoms with Crippen molar-refractivity contribution in [1.29, 1.82) is 0 Å². The zero-order valence-corrected chi connectivity index (χ0v) is 16.6. The first-order valence-corrected chi connectivity index (χ1v) is 10.5. The van der Waals surface area contributed by atoms with Gasteiger partial charge in [-0.2, -0.15) is 0 Å². The molecule has 2 aliphatic heterocycles. The van der Waals surface area contributed by atoms with Crippen LogP contribution in [0.1, 0.15) is 17.9 Å². The molecule has 1 atom stereocenters. The van der Waals surface area contributed by atoms with E-state index < -0.39 is 0 Å². The quantitative estimate of drug-likeness (QED) is 0.774. The molecule has 0 bridgehead atoms. The Labute approximate surface area is 163 Å². The fourth-order valence-electron chi connectivity index (χ4n) is 3.45. The third-order valence-electron chi connectivity index (χ3n) is 4.93. The number of nitrogens with zero attached hydrogens (tertiary/aromatic N) is 2. The average Bonchev–Trinajstić information content (AvgIpc) is 3.01. The zero-order chi connectivity index (χ0) is 18.5. The normalized spacial score (nSPS) is 21.3. The van der Waals surface area contributed by atoms with Crippen LogP contribution in [0, 0.1) is 0 Å². The number of hydrogen-bond donors (Lipinski definition) is 2. The SMILES string of the molecule is CCNC(=O)N1CC[NH+](CCN2C(=O)CS[C@H]2c2ccccc2Cl)CC1. The lowest BCUT2D eigenvalue weighted by molar-refractivity contribution is -0.903. The highest BCUT2D eigenvalue weighted by molar-refractivity contribution is 8.00. The molecule has 26 heavy (non-hydrogen) atoms. The Morgan fingerprint density at radius 2 is 2.08 bits per heavy atom. The minimum absolute atomic E-state index is 0.00669. The van der Waals surface area contributed by atoms with Gasteiger partial charge in [0.05, 0.1) is 45.0 Å². The number of thioether (sulfide) groups is 1. The van der Waals surface area contributed by atoms with E-state index in [1.165, 1.54) is 4.90 Å². The van der Waals surface area contributed by atoms with Crippen LogP contribution in [0.2, 0.25) is 5.02 Å². The Morgan fingerprint density at radius 1 is 1.35 bits per heavy atom. The van der Waals surface area contributed by atoms with Crippen LogP contribution in [0.5, 0.6) is 0 Å². The molecule has 1 aromatic rings. The van der Waals surface area contributed by atoms with Crippen molar-refractivity contribution in [2.24, 2.45) is 0 Å². The summed E-state index contributed by atoms with van der Waals surface area (Å²) in [6.45, 7) is 7.57. The summed E-state index contributed by atoms with van der Waals surface area (Å²) in [6, 6.07) is 7.79. The second-order valence-corrected chi connectivity index (χ2v) is 8.07. The molecule has 3 rings (SSSR count). The van der Waals surface area contributed by atoms with Crippen LogP contribution >= 0.6 is 23.4 Å². The van der Waals surface area contributed by atoms with Gasteiger partial charge in [0.1, 0.15) is 5.37 Å². The van der Waals surface area contributed by atoms with E-state index in [9.17, 15) is 9.59 Å². The molecule has 2 aliphatic rings. The van der Waals surface area contributed by atoms with Gasteiger partial charge in [0.15, 0.2) is 0 Å². The van der Waals surface area contributed by atoms with Crippen molar-refractivity contribution in [2.75, 3.05) is 51.6 Å². The smallest absolute Gasteiger partial charge is 0.317 e. The van der Waals surface area contributed by atoms with Crippen molar-refractivity contribution in [2.45, 2.75) is 12.3 Å². The minimum Gasteiger partial charge on any atom is -0.338 e. The van der Waals surface area contributed by atoms with Crippen molar-refractivity contribution in [1.82, 2.24) is 15.1 Å². The summed E-state index contributed by atoms with van der Waals surface area (Å²) in [4.78, 5) is 29.5. The standard InChI is InChI=1S/C18H25ClN4O2S/c1-2-20-18(25)22-10-7-21(8-11-22)9-12-23-16(24)13-26-17(23)14-5-3-4-6-15(14)19/h3-6,17H,2,7-13H2,1H3,(H,20,25)/p+1/t17-/m0/s1. The fourth-order valence-corrected chi connectivity index (χ4v) is 5.00. The van der Waals surface area contributed by atoms with Gasteiger partial charge in [-0.15, -0.1) is 11.8 Å². The number of quaternary nitrogens is 1. The second-order valence-electron chi connectivity index (χ2n) is 6.59. The molecule has 142 valence electrons. The van der Waals surface area contributed by atoms with Crippen LogP contribution in [0.3, 0.4) is 0 Å². The lowest BCUT2D eigenvalue weighted by Gasteiger charge is -2.33. The van der Waals surface area contributed by atoms with E-state index in [0.717, 1.165) is 44.8 Å². The summed E-state index contributed by atoms with van der Waals surface area (Å²) in [7, 11) is 0. The molecule has 0 aromatic heterocycles. The van der Waals surface area contributed by atoms with Gasteiger partial charge >= 0.3 is 6.03 Å². The number of piperazine rings is 1. The lowest BCUT2D eigenvalue weighted by Crippen LogP contribution is -3.15. The average molecular weight is 398 g/mol. The van der Waals surface area contributed by atoms with Gasteiger partial charge in [0.2, 0.25) is 5.91 Å². The largest absolute Gasteiger partial charge is 0.338 e. The maximum Gasteiger partial charge on any atom is 0.317 e. The number of benzene rings is 1. The molecular formula is C18H26ClN4O2S+. The number of hydrogen-bond acceptors (Lipinski definition) is 3. The monoisotopic (exact) mass is 397 g/mol. The van der Waals surface area contributed by atoms with Gasteiger partial charge in [-0.25, -0.2) is 4.79 Å². The van der Waals surface area contributed by atoms with Crippen LogP contribution < -0.4 is 10.2 Å². The number of carbonyl (C=O) groups is 2. The van der Waals surface area contributed by atoms with Crippen LogP contribution in [-0.2, 0) is 4.79 Å². The van der Waals surface area contributed by atoms with Crippen LogP contribution in [0.25, 0.3) is 0 Å². The Kier molecular flexibility index (Phi) is 6.67. The molecule has 6 nitrogen and oxygen atoms in total. The van der Waals surface area contributed by atoms with Crippen molar-refractivity contribution in [3.8, 4) is 0 Å². The van der Waals surface area contributed by atoms with E-state index >= 15 is 0 Å². The molecule has 0 radical (unpaired) electrons. The highest BCUT2D eigenvalue weighted by atomic mass is 35.5. The molecule has 1 aromatic carbocycles. The molecule has 2 saturated heterocycles. The Bertz CT molecular complexity index is 652. The van der Waals surface area contributed by atoms with Gasteiger partial charge in [-0.05, 0) is 13.0 Å². The van der Waals surface area contributed by atoms with Crippen molar-refractivity contribution < 1.29 is 14.5 Å². The topological polar surface area (TPSA) is 57.1 Å². The molecule has 2 N–H and O–H groups in total.